The van der Waals surface area contributed by atoms with Crippen LogP contribution in [0.5, 0.6) is 0 Å². The van der Waals surface area contributed by atoms with Crippen LogP contribution in [0.1, 0.15) is 10.5 Å². The summed E-state index contributed by atoms with van der Waals surface area (Å²) in [4.78, 5) is 13.5. The van der Waals surface area contributed by atoms with Crippen molar-refractivity contribution in [1.82, 2.24) is 4.57 Å². The van der Waals surface area contributed by atoms with Crippen LogP contribution in [-0.2, 0) is 4.74 Å². The standard InChI is InChI=1S/C15H15IN2O3/c16-11-9-14(15(19)20)18(10-11)13-3-1-12(2-4-13)17-5-7-21-8-6-17/h1-4,9-10H,5-8H2,(H,19,20). The molecule has 1 saturated heterocycles. The number of aromatic nitrogens is 1. The Hall–Kier alpha value is -1.54. The molecule has 0 spiro atoms. The zero-order chi connectivity index (χ0) is 14.8. The lowest BCUT2D eigenvalue weighted by atomic mass is 10.2. The molecule has 2 heterocycles. The predicted molar refractivity (Wildman–Crippen MR) is 88.5 cm³/mol. The van der Waals surface area contributed by atoms with Crippen molar-refractivity contribution >= 4 is 34.2 Å². The smallest absolute Gasteiger partial charge is 0.352 e. The maximum absolute atomic E-state index is 11.3. The van der Waals surface area contributed by atoms with Gasteiger partial charge in [-0.3, -0.25) is 0 Å². The summed E-state index contributed by atoms with van der Waals surface area (Å²) < 4.78 is 7.95. The fraction of sp³-hybridized carbons (Fsp3) is 0.267. The molecule has 0 amide bonds. The van der Waals surface area contributed by atoms with E-state index in [1.807, 2.05) is 30.5 Å². The van der Waals surface area contributed by atoms with Crippen molar-refractivity contribution < 1.29 is 14.6 Å². The van der Waals surface area contributed by atoms with Gasteiger partial charge in [-0.15, -0.1) is 0 Å². The third-order valence-electron chi connectivity index (χ3n) is 3.51. The van der Waals surface area contributed by atoms with Gasteiger partial charge in [0.2, 0.25) is 0 Å². The topological polar surface area (TPSA) is 54.7 Å². The number of halogens is 1. The van der Waals surface area contributed by atoms with Gasteiger partial charge in [0.25, 0.3) is 0 Å². The van der Waals surface area contributed by atoms with E-state index in [0.29, 0.717) is 0 Å². The summed E-state index contributed by atoms with van der Waals surface area (Å²) in [6.45, 7) is 3.28. The molecule has 0 radical (unpaired) electrons. The first-order chi connectivity index (χ1) is 10.1. The molecule has 0 saturated carbocycles. The van der Waals surface area contributed by atoms with E-state index in [4.69, 9.17) is 4.74 Å². The Labute approximate surface area is 136 Å². The molecule has 6 heteroatoms. The van der Waals surface area contributed by atoms with Crippen molar-refractivity contribution in [2.45, 2.75) is 0 Å². The average molecular weight is 398 g/mol. The summed E-state index contributed by atoms with van der Waals surface area (Å²) in [6, 6.07) is 9.62. The van der Waals surface area contributed by atoms with Crippen LogP contribution in [0.4, 0.5) is 5.69 Å². The monoisotopic (exact) mass is 398 g/mol. The SMILES string of the molecule is O=C(O)c1cc(I)cn1-c1ccc(N2CCOCC2)cc1. The van der Waals surface area contributed by atoms with Crippen molar-refractivity contribution in [3.8, 4) is 5.69 Å². The molecule has 21 heavy (non-hydrogen) atoms. The molecule has 5 nitrogen and oxygen atoms in total. The Morgan fingerprint density at radius 2 is 1.76 bits per heavy atom. The maximum atomic E-state index is 11.3. The summed E-state index contributed by atoms with van der Waals surface area (Å²) in [5.74, 6) is -0.921. The zero-order valence-corrected chi connectivity index (χ0v) is 13.5. The van der Waals surface area contributed by atoms with Crippen LogP contribution in [0.2, 0.25) is 0 Å². The molecule has 1 N–H and O–H groups in total. The number of hydrogen-bond donors (Lipinski definition) is 1. The van der Waals surface area contributed by atoms with Crippen LogP contribution in [0, 0.1) is 3.57 Å². The van der Waals surface area contributed by atoms with E-state index in [0.717, 1.165) is 41.2 Å². The largest absolute Gasteiger partial charge is 0.477 e. The van der Waals surface area contributed by atoms with Crippen LogP contribution in [-0.4, -0.2) is 41.9 Å². The van der Waals surface area contributed by atoms with Gasteiger partial charge in [-0.05, 0) is 52.9 Å². The van der Waals surface area contributed by atoms with Crippen molar-refractivity contribution in [2.24, 2.45) is 0 Å². The Kier molecular flexibility index (Phi) is 4.16. The van der Waals surface area contributed by atoms with E-state index in [1.165, 1.54) is 0 Å². The molecule has 1 fully saturated rings. The van der Waals surface area contributed by atoms with E-state index in [-0.39, 0.29) is 5.69 Å². The number of nitrogens with zero attached hydrogens (tertiary/aromatic N) is 2. The lowest BCUT2D eigenvalue weighted by Crippen LogP contribution is -2.36. The molecule has 1 aromatic carbocycles. The molecule has 2 aromatic rings. The van der Waals surface area contributed by atoms with E-state index < -0.39 is 5.97 Å². The fourth-order valence-corrected chi connectivity index (χ4v) is 3.03. The highest BCUT2D eigenvalue weighted by molar-refractivity contribution is 14.1. The van der Waals surface area contributed by atoms with Crippen LogP contribution >= 0.6 is 22.6 Å². The summed E-state index contributed by atoms with van der Waals surface area (Å²) >= 11 is 2.12. The highest BCUT2D eigenvalue weighted by Crippen LogP contribution is 2.21. The Balaban J connectivity index is 1.88. The van der Waals surface area contributed by atoms with Crippen LogP contribution in [0.3, 0.4) is 0 Å². The van der Waals surface area contributed by atoms with Gasteiger partial charge in [0.15, 0.2) is 0 Å². The third kappa shape index (κ3) is 3.06. The van der Waals surface area contributed by atoms with Gasteiger partial charge in [0.1, 0.15) is 5.69 Å². The second kappa shape index (κ2) is 6.07. The van der Waals surface area contributed by atoms with E-state index >= 15 is 0 Å². The first-order valence-electron chi connectivity index (χ1n) is 6.69. The molecule has 0 aliphatic carbocycles. The quantitative estimate of drug-likeness (QED) is 0.808. The van der Waals surface area contributed by atoms with Crippen molar-refractivity contribution in [3.63, 3.8) is 0 Å². The molecule has 0 unspecified atom stereocenters. The summed E-state index contributed by atoms with van der Waals surface area (Å²) in [7, 11) is 0. The molecular formula is C15H15IN2O3. The average Bonchev–Trinajstić information content (AvgIpc) is 2.91. The second-order valence-corrected chi connectivity index (χ2v) is 6.08. The van der Waals surface area contributed by atoms with Gasteiger partial charge >= 0.3 is 5.97 Å². The second-order valence-electron chi connectivity index (χ2n) is 4.83. The zero-order valence-electron chi connectivity index (χ0n) is 11.3. The number of carbonyl (C=O) groups is 1. The van der Waals surface area contributed by atoms with E-state index in [9.17, 15) is 9.90 Å². The van der Waals surface area contributed by atoms with Gasteiger partial charge < -0.3 is 19.3 Å². The Morgan fingerprint density at radius 1 is 1.14 bits per heavy atom. The highest BCUT2D eigenvalue weighted by atomic mass is 127. The predicted octanol–water partition coefficient (Wildman–Crippen LogP) is 2.62. The van der Waals surface area contributed by atoms with Crippen LogP contribution in [0.15, 0.2) is 36.5 Å². The molecule has 1 aromatic heterocycles. The van der Waals surface area contributed by atoms with E-state index in [1.54, 1.807) is 10.6 Å². The van der Waals surface area contributed by atoms with Gasteiger partial charge in [0, 0.05) is 34.2 Å². The molecule has 110 valence electrons. The van der Waals surface area contributed by atoms with E-state index in [2.05, 4.69) is 27.5 Å². The first kappa shape index (κ1) is 14.4. The molecule has 1 aliphatic rings. The number of benzene rings is 1. The van der Waals surface area contributed by atoms with Gasteiger partial charge in [-0.1, -0.05) is 0 Å². The minimum atomic E-state index is -0.921. The Morgan fingerprint density at radius 3 is 2.38 bits per heavy atom. The lowest BCUT2D eigenvalue weighted by molar-refractivity contribution is 0.0688. The summed E-state index contributed by atoms with van der Waals surface area (Å²) in [6.07, 6.45) is 1.83. The number of carboxylic acids is 1. The molecule has 0 atom stereocenters. The summed E-state index contributed by atoms with van der Waals surface area (Å²) in [5.41, 5.74) is 2.27. The highest BCUT2D eigenvalue weighted by Gasteiger charge is 2.14. The van der Waals surface area contributed by atoms with Gasteiger partial charge in [0.05, 0.1) is 13.2 Å². The normalized spacial score (nSPS) is 15.2. The van der Waals surface area contributed by atoms with Crippen molar-refractivity contribution in [3.05, 3.63) is 45.8 Å². The van der Waals surface area contributed by atoms with Gasteiger partial charge in [-0.25, -0.2) is 4.79 Å². The number of hydrogen-bond acceptors (Lipinski definition) is 3. The molecular weight excluding hydrogens is 383 g/mol. The minimum absolute atomic E-state index is 0.276. The lowest BCUT2D eigenvalue weighted by Gasteiger charge is -2.29. The minimum Gasteiger partial charge on any atom is -0.477 e. The fourth-order valence-electron chi connectivity index (χ4n) is 2.45. The first-order valence-corrected chi connectivity index (χ1v) is 7.77. The van der Waals surface area contributed by atoms with Crippen molar-refractivity contribution in [2.75, 3.05) is 31.2 Å². The third-order valence-corrected chi connectivity index (χ3v) is 4.10. The number of anilines is 1. The number of aromatic carboxylic acids is 1. The number of rotatable bonds is 3. The van der Waals surface area contributed by atoms with Crippen LogP contribution < -0.4 is 4.90 Å². The van der Waals surface area contributed by atoms with Crippen LogP contribution in [0.25, 0.3) is 5.69 Å². The number of carboxylic acid groups (broad SMARTS) is 1. The summed E-state index contributed by atoms with van der Waals surface area (Å²) in [5, 5.41) is 9.25. The maximum Gasteiger partial charge on any atom is 0.352 e. The molecule has 3 rings (SSSR count). The number of ether oxygens (including phenoxy) is 1. The Bertz CT molecular complexity index is 645. The number of morpholine rings is 1. The van der Waals surface area contributed by atoms with Gasteiger partial charge in [-0.2, -0.15) is 0 Å². The molecule has 0 bridgehead atoms. The molecule has 1 aliphatic heterocycles. The van der Waals surface area contributed by atoms with Crippen molar-refractivity contribution in [1.29, 1.82) is 0 Å².